The van der Waals surface area contributed by atoms with Gasteiger partial charge in [-0.1, -0.05) is 55.3 Å². The summed E-state index contributed by atoms with van der Waals surface area (Å²) in [6, 6.07) is 16.5. The third kappa shape index (κ3) is 7.40. The lowest BCUT2D eigenvalue weighted by Gasteiger charge is -2.40. The topological polar surface area (TPSA) is 132 Å². The second kappa shape index (κ2) is 13.8. The molecular weight excluding hydrogens is 452 g/mol. The Bertz CT molecular complexity index is 1030. The van der Waals surface area contributed by atoms with Crippen molar-refractivity contribution in [1.82, 2.24) is 10.4 Å². The van der Waals surface area contributed by atoms with Crippen LogP contribution in [0, 0.1) is 0 Å². The largest absolute Gasteiger partial charge is 0.482 e. The number of nitrogens with zero attached hydrogens (tertiary/aromatic N) is 2. The zero-order valence-electron chi connectivity index (χ0n) is 21.3. The standard InChI is InChI=1S/C26H36N6O.C2H4O/c27-15-5-1-2-6-18-32(29)31-25(28)21-11-9-20(10-12-21)23-19-26(13-16-30-17-14-26)33-24-8-4-3-7-22(23)24;1-2-3/h3-4,7-12,19,30H,1-2,5-6,13-18,27,29H2,(H2,28,31);2H,1H3. The molecule has 2 aromatic carbocycles. The van der Waals surface area contributed by atoms with E-state index in [9.17, 15) is 0 Å². The number of hydrazone groups is 1. The summed E-state index contributed by atoms with van der Waals surface area (Å²) in [4.78, 5) is 8.81. The molecule has 0 saturated carbocycles. The molecule has 8 nitrogen and oxygen atoms in total. The summed E-state index contributed by atoms with van der Waals surface area (Å²) >= 11 is 0. The summed E-state index contributed by atoms with van der Waals surface area (Å²) in [6.45, 7) is 4.77. The van der Waals surface area contributed by atoms with Crippen LogP contribution in [0.25, 0.3) is 5.57 Å². The molecule has 8 heteroatoms. The minimum atomic E-state index is -0.252. The SMILES string of the molecule is CC=O.NCCCCCCN(N)/N=C(\N)c1ccc(C2=CC3(CCNCC3)Oc3ccccc32)cc1. The third-order valence-corrected chi connectivity index (χ3v) is 6.42. The molecule has 194 valence electrons. The van der Waals surface area contributed by atoms with E-state index in [4.69, 9.17) is 26.8 Å². The number of carbonyl (C=O) groups is 1. The Kier molecular flexibility index (Phi) is 10.5. The van der Waals surface area contributed by atoms with Gasteiger partial charge in [0.1, 0.15) is 17.6 Å². The number of fused-ring (bicyclic) bond motifs is 1. The van der Waals surface area contributed by atoms with Crippen molar-refractivity contribution in [3.8, 4) is 5.75 Å². The van der Waals surface area contributed by atoms with Gasteiger partial charge in [0.15, 0.2) is 5.84 Å². The second-order valence-electron chi connectivity index (χ2n) is 9.14. The number of para-hydroxylation sites is 1. The number of nitrogens with one attached hydrogen (secondary N) is 1. The number of hydrogen-bond acceptors (Lipinski definition) is 7. The van der Waals surface area contributed by atoms with Gasteiger partial charge in [0, 0.05) is 24.0 Å². The molecule has 1 saturated heterocycles. The lowest BCUT2D eigenvalue weighted by atomic mass is 9.83. The number of amidine groups is 1. The average Bonchev–Trinajstić information content (AvgIpc) is 2.89. The van der Waals surface area contributed by atoms with E-state index in [0.717, 1.165) is 86.9 Å². The van der Waals surface area contributed by atoms with Crippen LogP contribution in [-0.4, -0.2) is 49.0 Å². The van der Waals surface area contributed by atoms with E-state index in [2.05, 4.69) is 46.8 Å². The molecule has 0 aromatic heterocycles. The third-order valence-electron chi connectivity index (χ3n) is 6.42. The first-order valence-corrected chi connectivity index (χ1v) is 12.8. The van der Waals surface area contributed by atoms with Crippen LogP contribution in [0.5, 0.6) is 5.75 Å². The number of piperidine rings is 1. The molecule has 0 bridgehead atoms. The van der Waals surface area contributed by atoms with Crippen LogP contribution < -0.4 is 27.4 Å². The maximum atomic E-state index is 8.81. The fourth-order valence-corrected chi connectivity index (χ4v) is 4.54. The van der Waals surface area contributed by atoms with E-state index in [0.29, 0.717) is 12.4 Å². The first-order valence-electron chi connectivity index (χ1n) is 12.8. The number of unbranched alkanes of at least 4 members (excludes halogenated alkanes) is 3. The van der Waals surface area contributed by atoms with E-state index in [1.807, 2.05) is 18.2 Å². The molecule has 0 radical (unpaired) electrons. The van der Waals surface area contributed by atoms with Crippen LogP contribution in [-0.2, 0) is 4.79 Å². The Labute approximate surface area is 214 Å². The summed E-state index contributed by atoms with van der Waals surface area (Å²) in [6.07, 6.45) is 9.21. The maximum absolute atomic E-state index is 8.81. The van der Waals surface area contributed by atoms with Crippen molar-refractivity contribution in [3.05, 3.63) is 71.3 Å². The fourth-order valence-electron chi connectivity index (χ4n) is 4.54. The van der Waals surface area contributed by atoms with Crippen molar-refractivity contribution >= 4 is 17.7 Å². The van der Waals surface area contributed by atoms with Crippen LogP contribution >= 0.6 is 0 Å². The predicted molar refractivity (Wildman–Crippen MR) is 146 cm³/mol. The molecule has 0 amide bonds. The molecule has 36 heavy (non-hydrogen) atoms. The lowest BCUT2D eigenvalue weighted by Crippen LogP contribution is -2.46. The fraction of sp³-hybridized carbons (Fsp3) is 0.429. The highest BCUT2D eigenvalue weighted by Crippen LogP contribution is 2.42. The van der Waals surface area contributed by atoms with Crippen molar-refractivity contribution in [2.75, 3.05) is 26.2 Å². The van der Waals surface area contributed by atoms with Crippen molar-refractivity contribution in [2.45, 2.75) is 51.0 Å². The summed E-state index contributed by atoms with van der Waals surface area (Å²) < 4.78 is 6.49. The smallest absolute Gasteiger partial charge is 0.152 e. The molecular formula is C28H40N6O2. The summed E-state index contributed by atoms with van der Waals surface area (Å²) in [5.41, 5.74) is 15.8. The maximum Gasteiger partial charge on any atom is 0.152 e. The van der Waals surface area contributed by atoms with Gasteiger partial charge in [-0.25, -0.2) is 11.0 Å². The van der Waals surface area contributed by atoms with E-state index in [-0.39, 0.29) is 5.60 Å². The van der Waals surface area contributed by atoms with E-state index in [1.165, 1.54) is 17.6 Å². The average molecular weight is 493 g/mol. The van der Waals surface area contributed by atoms with Crippen LogP contribution in [0.15, 0.2) is 59.7 Å². The Morgan fingerprint density at radius 1 is 1.08 bits per heavy atom. The molecule has 2 aromatic rings. The zero-order valence-corrected chi connectivity index (χ0v) is 21.3. The van der Waals surface area contributed by atoms with E-state index < -0.39 is 0 Å². The predicted octanol–water partition coefficient (Wildman–Crippen LogP) is 3.15. The van der Waals surface area contributed by atoms with Gasteiger partial charge in [-0.05, 0) is 62.7 Å². The van der Waals surface area contributed by atoms with Gasteiger partial charge < -0.3 is 26.3 Å². The monoisotopic (exact) mass is 492 g/mol. The Morgan fingerprint density at radius 3 is 2.44 bits per heavy atom. The number of rotatable bonds is 9. The van der Waals surface area contributed by atoms with Gasteiger partial charge in [-0.2, -0.15) is 0 Å². The highest BCUT2D eigenvalue weighted by atomic mass is 16.5. The van der Waals surface area contributed by atoms with Crippen molar-refractivity contribution < 1.29 is 9.53 Å². The van der Waals surface area contributed by atoms with Crippen LogP contribution in [0.1, 0.15) is 62.1 Å². The Balaban J connectivity index is 0.00000115. The second-order valence-corrected chi connectivity index (χ2v) is 9.14. The number of aldehydes is 1. The minimum absolute atomic E-state index is 0.252. The molecule has 7 N–H and O–H groups in total. The van der Waals surface area contributed by atoms with Crippen molar-refractivity contribution in [1.29, 1.82) is 0 Å². The number of ether oxygens (including phenoxy) is 1. The Hall–Kier alpha value is -3.20. The van der Waals surface area contributed by atoms with Gasteiger partial charge >= 0.3 is 0 Å². The van der Waals surface area contributed by atoms with Crippen LogP contribution in [0.2, 0.25) is 0 Å². The van der Waals surface area contributed by atoms with Crippen LogP contribution in [0.3, 0.4) is 0 Å². The van der Waals surface area contributed by atoms with E-state index in [1.54, 1.807) is 0 Å². The molecule has 2 aliphatic rings. The van der Waals surface area contributed by atoms with Crippen molar-refractivity contribution in [3.63, 3.8) is 0 Å². The highest BCUT2D eigenvalue weighted by molar-refractivity contribution is 5.98. The molecule has 0 atom stereocenters. The normalized spacial score (nSPS) is 16.2. The van der Waals surface area contributed by atoms with Gasteiger partial charge in [0.25, 0.3) is 0 Å². The summed E-state index contributed by atoms with van der Waals surface area (Å²) in [5, 5.41) is 9.22. The molecule has 0 unspecified atom stereocenters. The number of carbonyl (C=O) groups excluding carboxylic acids is 1. The highest BCUT2D eigenvalue weighted by Gasteiger charge is 2.36. The molecule has 0 aliphatic carbocycles. The zero-order chi connectivity index (χ0) is 25.8. The van der Waals surface area contributed by atoms with Gasteiger partial charge in [0.05, 0.1) is 6.54 Å². The number of nitrogens with two attached hydrogens (primary N) is 3. The quantitative estimate of drug-likeness (QED) is 0.106. The number of hydrazine groups is 1. The van der Waals surface area contributed by atoms with Gasteiger partial charge in [-0.3, -0.25) is 0 Å². The lowest BCUT2D eigenvalue weighted by molar-refractivity contribution is -0.106. The molecule has 1 spiro atoms. The van der Waals surface area contributed by atoms with Crippen LogP contribution in [0.4, 0.5) is 0 Å². The Morgan fingerprint density at radius 2 is 1.75 bits per heavy atom. The number of hydrogen-bond donors (Lipinski definition) is 4. The van der Waals surface area contributed by atoms with Gasteiger partial charge in [-0.15, -0.1) is 5.10 Å². The molecule has 2 heterocycles. The molecule has 1 fully saturated rings. The molecule has 4 rings (SSSR count). The summed E-state index contributed by atoms with van der Waals surface area (Å²) in [7, 11) is 0. The minimum Gasteiger partial charge on any atom is -0.482 e. The first-order chi connectivity index (χ1) is 17.5. The number of benzene rings is 2. The summed E-state index contributed by atoms with van der Waals surface area (Å²) in [5.74, 6) is 7.39. The van der Waals surface area contributed by atoms with Gasteiger partial charge in [0.2, 0.25) is 0 Å². The molecule has 2 aliphatic heterocycles. The van der Waals surface area contributed by atoms with Crippen molar-refractivity contribution in [2.24, 2.45) is 22.4 Å². The first kappa shape index (κ1) is 27.4. The van der Waals surface area contributed by atoms with E-state index >= 15 is 0 Å².